The Balaban J connectivity index is 2.26. The number of hydrogen-bond donors (Lipinski definition) is 3. The van der Waals surface area contributed by atoms with Crippen LogP contribution in [0.15, 0.2) is 4.99 Å². The van der Waals surface area contributed by atoms with Crippen LogP contribution >= 0.6 is 0 Å². The predicted molar refractivity (Wildman–Crippen MR) is 80.0 cm³/mol. The van der Waals surface area contributed by atoms with Gasteiger partial charge in [0.25, 0.3) is 0 Å². The SMILES string of the molecule is CCOCCCN=C(NN)NC1CCCCCCC1. The van der Waals surface area contributed by atoms with Gasteiger partial charge in [0.15, 0.2) is 0 Å². The van der Waals surface area contributed by atoms with Crippen molar-refractivity contribution in [2.75, 3.05) is 19.8 Å². The Morgan fingerprint density at radius 3 is 2.53 bits per heavy atom. The van der Waals surface area contributed by atoms with Gasteiger partial charge in [-0.15, -0.1) is 0 Å². The second kappa shape index (κ2) is 11.1. The molecule has 1 fully saturated rings. The fourth-order valence-corrected chi connectivity index (χ4v) is 2.43. The normalized spacial score (nSPS) is 18.7. The van der Waals surface area contributed by atoms with Gasteiger partial charge in [-0.25, -0.2) is 5.84 Å². The quantitative estimate of drug-likeness (QED) is 0.227. The van der Waals surface area contributed by atoms with Gasteiger partial charge in [0.05, 0.1) is 0 Å². The second-order valence-electron chi connectivity index (χ2n) is 5.11. The minimum atomic E-state index is 0.516. The van der Waals surface area contributed by atoms with Crippen molar-refractivity contribution < 1.29 is 4.74 Å². The molecule has 0 aromatic rings. The van der Waals surface area contributed by atoms with E-state index in [-0.39, 0.29) is 0 Å². The number of hydrogen-bond acceptors (Lipinski definition) is 3. The van der Waals surface area contributed by atoms with Gasteiger partial charge in [-0.1, -0.05) is 32.1 Å². The van der Waals surface area contributed by atoms with Crippen molar-refractivity contribution in [3.8, 4) is 0 Å². The molecule has 0 unspecified atom stereocenters. The molecular weight excluding hydrogens is 240 g/mol. The molecule has 0 saturated heterocycles. The first-order valence-corrected chi connectivity index (χ1v) is 7.72. The van der Waals surface area contributed by atoms with Crippen molar-refractivity contribution >= 4 is 5.96 Å². The first-order valence-electron chi connectivity index (χ1n) is 7.72. The summed E-state index contributed by atoms with van der Waals surface area (Å²) in [6.45, 7) is 4.29. The number of nitrogens with zero attached hydrogens (tertiary/aromatic N) is 1. The molecule has 0 spiro atoms. The number of ether oxygens (including phenoxy) is 1. The van der Waals surface area contributed by atoms with E-state index in [1.807, 2.05) is 6.92 Å². The van der Waals surface area contributed by atoms with Gasteiger partial charge >= 0.3 is 0 Å². The van der Waals surface area contributed by atoms with E-state index in [0.717, 1.165) is 32.1 Å². The Morgan fingerprint density at radius 2 is 1.89 bits per heavy atom. The Bertz CT molecular complexity index is 238. The van der Waals surface area contributed by atoms with Crippen molar-refractivity contribution in [3.63, 3.8) is 0 Å². The largest absolute Gasteiger partial charge is 0.382 e. The van der Waals surface area contributed by atoms with Crippen LogP contribution < -0.4 is 16.6 Å². The molecule has 1 aliphatic carbocycles. The lowest BCUT2D eigenvalue weighted by atomic mass is 9.97. The number of hydrazine groups is 1. The molecule has 0 bridgehead atoms. The van der Waals surface area contributed by atoms with Gasteiger partial charge < -0.3 is 10.1 Å². The maximum Gasteiger partial charge on any atom is 0.205 e. The lowest BCUT2D eigenvalue weighted by Crippen LogP contribution is -2.46. The summed E-state index contributed by atoms with van der Waals surface area (Å²) in [5, 5.41) is 3.44. The van der Waals surface area contributed by atoms with Gasteiger partial charge in [0.2, 0.25) is 5.96 Å². The molecule has 0 aliphatic heterocycles. The van der Waals surface area contributed by atoms with Gasteiger partial charge in [0.1, 0.15) is 0 Å². The summed E-state index contributed by atoms with van der Waals surface area (Å²) < 4.78 is 5.29. The molecule has 112 valence electrons. The molecule has 5 nitrogen and oxygen atoms in total. The topological polar surface area (TPSA) is 71.7 Å². The van der Waals surface area contributed by atoms with Crippen molar-refractivity contribution in [3.05, 3.63) is 0 Å². The molecule has 0 heterocycles. The van der Waals surface area contributed by atoms with Crippen LogP contribution in [0, 0.1) is 0 Å². The molecule has 1 saturated carbocycles. The molecule has 4 N–H and O–H groups in total. The van der Waals surface area contributed by atoms with Crippen LogP contribution in [-0.4, -0.2) is 31.8 Å². The van der Waals surface area contributed by atoms with E-state index in [2.05, 4.69) is 15.7 Å². The monoisotopic (exact) mass is 270 g/mol. The highest BCUT2D eigenvalue weighted by atomic mass is 16.5. The lowest BCUT2D eigenvalue weighted by molar-refractivity contribution is 0.146. The summed E-state index contributed by atoms with van der Waals surface area (Å²) in [5.41, 5.74) is 2.67. The highest BCUT2D eigenvalue weighted by Gasteiger charge is 2.12. The van der Waals surface area contributed by atoms with Crippen LogP contribution in [-0.2, 0) is 4.74 Å². The number of nitrogens with two attached hydrogens (primary N) is 1. The molecule has 0 amide bonds. The predicted octanol–water partition coefficient (Wildman–Crippen LogP) is 1.93. The number of aliphatic imine (C=N–C) groups is 1. The summed E-state index contributed by atoms with van der Waals surface area (Å²) in [4.78, 5) is 4.45. The summed E-state index contributed by atoms with van der Waals surface area (Å²) in [6.07, 6.45) is 10.1. The third-order valence-corrected chi connectivity index (χ3v) is 3.50. The van der Waals surface area contributed by atoms with Gasteiger partial charge in [-0.3, -0.25) is 10.4 Å². The smallest absolute Gasteiger partial charge is 0.205 e. The Kier molecular flexibility index (Phi) is 9.45. The first kappa shape index (κ1) is 16.2. The zero-order valence-electron chi connectivity index (χ0n) is 12.3. The van der Waals surface area contributed by atoms with Gasteiger partial charge in [-0.2, -0.15) is 0 Å². The number of guanidine groups is 1. The van der Waals surface area contributed by atoms with E-state index in [1.165, 1.54) is 44.9 Å². The standard InChI is InChI=1S/C14H30N4O/c1-2-19-12-8-11-16-14(18-15)17-13-9-6-4-3-5-7-10-13/h13H,2-12,15H2,1H3,(H2,16,17,18). The van der Waals surface area contributed by atoms with Crippen LogP contribution in [0.2, 0.25) is 0 Å². The van der Waals surface area contributed by atoms with Crippen LogP contribution in [0.5, 0.6) is 0 Å². The molecule has 1 rings (SSSR count). The van der Waals surface area contributed by atoms with E-state index in [0.29, 0.717) is 6.04 Å². The minimum absolute atomic E-state index is 0.516. The molecule has 0 radical (unpaired) electrons. The van der Waals surface area contributed by atoms with E-state index in [9.17, 15) is 0 Å². The highest BCUT2D eigenvalue weighted by molar-refractivity contribution is 5.79. The molecule has 19 heavy (non-hydrogen) atoms. The van der Waals surface area contributed by atoms with E-state index in [4.69, 9.17) is 10.6 Å². The summed E-state index contributed by atoms with van der Waals surface area (Å²) in [7, 11) is 0. The number of nitrogens with one attached hydrogen (secondary N) is 2. The van der Waals surface area contributed by atoms with Crippen molar-refractivity contribution in [2.45, 2.75) is 64.3 Å². The summed E-state index contributed by atoms with van der Waals surface area (Å²) in [5.74, 6) is 6.25. The summed E-state index contributed by atoms with van der Waals surface area (Å²) in [6, 6.07) is 0.516. The molecular formula is C14H30N4O. The molecule has 0 aromatic carbocycles. The third-order valence-electron chi connectivity index (χ3n) is 3.50. The van der Waals surface area contributed by atoms with Crippen molar-refractivity contribution in [1.82, 2.24) is 10.7 Å². The van der Waals surface area contributed by atoms with Crippen LogP contribution in [0.4, 0.5) is 0 Å². The summed E-state index contributed by atoms with van der Waals surface area (Å²) >= 11 is 0. The average molecular weight is 270 g/mol. The Labute approximate surface area is 117 Å². The second-order valence-corrected chi connectivity index (χ2v) is 5.11. The molecule has 1 aliphatic rings. The fourth-order valence-electron chi connectivity index (χ4n) is 2.43. The van der Waals surface area contributed by atoms with Crippen LogP contribution in [0.1, 0.15) is 58.3 Å². The maximum atomic E-state index is 5.53. The lowest BCUT2D eigenvalue weighted by Gasteiger charge is -2.22. The van der Waals surface area contributed by atoms with Crippen LogP contribution in [0.25, 0.3) is 0 Å². The zero-order chi connectivity index (χ0) is 13.8. The Hall–Kier alpha value is -0.810. The van der Waals surface area contributed by atoms with Crippen LogP contribution in [0.3, 0.4) is 0 Å². The number of rotatable bonds is 6. The van der Waals surface area contributed by atoms with E-state index >= 15 is 0 Å². The molecule has 0 atom stereocenters. The first-order chi connectivity index (χ1) is 9.36. The van der Waals surface area contributed by atoms with Gasteiger partial charge in [0, 0.05) is 25.8 Å². The third kappa shape index (κ3) is 8.06. The average Bonchev–Trinajstić information content (AvgIpc) is 2.39. The Morgan fingerprint density at radius 1 is 1.21 bits per heavy atom. The maximum absolute atomic E-state index is 5.53. The minimum Gasteiger partial charge on any atom is -0.382 e. The van der Waals surface area contributed by atoms with Crippen molar-refractivity contribution in [1.29, 1.82) is 0 Å². The highest BCUT2D eigenvalue weighted by Crippen LogP contribution is 2.16. The zero-order valence-corrected chi connectivity index (χ0v) is 12.3. The van der Waals surface area contributed by atoms with Gasteiger partial charge in [-0.05, 0) is 26.2 Å². The molecule has 0 aromatic heterocycles. The van der Waals surface area contributed by atoms with Crippen molar-refractivity contribution in [2.24, 2.45) is 10.8 Å². The molecule has 5 heteroatoms. The van der Waals surface area contributed by atoms with E-state index < -0.39 is 0 Å². The fraction of sp³-hybridized carbons (Fsp3) is 0.929. The van der Waals surface area contributed by atoms with E-state index in [1.54, 1.807) is 0 Å².